The Kier molecular flexibility index (Phi) is 5.13. The average molecular weight is 353 g/mol. The van der Waals surface area contributed by atoms with Crippen molar-refractivity contribution in [1.82, 2.24) is 24.3 Å². The van der Waals surface area contributed by atoms with Crippen molar-refractivity contribution in [2.24, 2.45) is 7.05 Å². The number of benzene rings is 1. The van der Waals surface area contributed by atoms with E-state index in [4.69, 9.17) is 0 Å². The van der Waals surface area contributed by atoms with Gasteiger partial charge in [0.25, 0.3) is 5.91 Å². The topological polar surface area (TPSA) is 57.2 Å². The van der Waals surface area contributed by atoms with Crippen LogP contribution < -0.4 is 0 Å². The Bertz CT molecular complexity index is 922. The predicted octanol–water partition coefficient (Wildman–Crippen LogP) is 2.72. The third kappa shape index (κ3) is 3.65. The smallest absolute Gasteiger partial charge is 0.270 e. The monoisotopic (exact) mass is 353 g/mol. The molecule has 0 bridgehead atoms. The quantitative estimate of drug-likeness (QED) is 0.741. The Morgan fingerprint density at radius 1 is 1.19 bits per heavy atom. The number of nitrogens with zero attached hydrogens (tertiary/aromatic N) is 4. The first-order valence-corrected chi connectivity index (χ1v) is 8.85. The number of carbonyl (C=O) groups is 1. The number of H-pyrrole nitrogens is 1. The van der Waals surface area contributed by atoms with Crippen molar-refractivity contribution in [2.45, 2.75) is 20.4 Å². The van der Waals surface area contributed by atoms with E-state index in [9.17, 15) is 4.79 Å². The van der Waals surface area contributed by atoms with Gasteiger partial charge in [-0.25, -0.2) is 4.98 Å². The molecule has 0 aliphatic rings. The third-order valence-corrected chi connectivity index (χ3v) is 4.80. The fourth-order valence-corrected chi connectivity index (χ4v) is 3.14. The highest BCUT2D eigenvalue weighted by Crippen LogP contribution is 2.22. The van der Waals surface area contributed by atoms with Crippen molar-refractivity contribution < 1.29 is 4.79 Å². The summed E-state index contributed by atoms with van der Waals surface area (Å²) in [7, 11) is 5.99. The van der Waals surface area contributed by atoms with Gasteiger partial charge < -0.3 is 19.4 Å². The van der Waals surface area contributed by atoms with Crippen LogP contribution in [0.3, 0.4) is 0 Å². The fourth-order valence-electron chi connectivity index (χ4n) is 3.14. The van der Waals surface area contributed by atoms with Gasteiger partial charge in [0.2, 0.25) is 0 Å². The van der Waals surface area contributed by atoms with E-state index in [1.54, 1.807) is 6.33 Å². The lowest BCUT2D eigenvalue weighted by Crippen LogP contribution is -2.37. The van der Waals surface area contributed by atoms with Crippen molar-refractivity contribution in [3.05, 3.63) is 53.2 Å². The minimum Gasteiger partial charge on any atom is -0.348 e. The van der Waals surface area contributed by atoms with Gasteiger partial charge in [-0.2, -0.15) is 0 Å². The normalized spacial score (nSPS) is 11.5. The molecule has 0 saturated carbocycles. The highest BCUT2D eigenvalue weighted by molar-refractivity contribution is 5.98. The Morgan fingerprint density at radius 2 is 1.96 bits per heavy atom. The van der Waals surface area contributed by atoms with Crippen LogP contribution in [0.15, 0.2) is 30.6 Å². The first kappa shape index (κ1) is 18.2. The molecule has 0 aliphatic carbocycles. The van der Waals surface area contributed by atoms with Gasteiger partial charge in [0, 0.05) is 36.7 Å². The molecule has 0 atom stereocenters. The summed E-state index contributed by atoms with van der Waals surface area (Å²) in [5.74, 6) is 0.0330. The number of nitrogens with one attached hydrogen (secondary N) is 1. The Hall–Kier alpha value is -2.60. The summed E-state index contributed by atoms with van der Waals surface area (Å²) >= 11 is 0. The van der Waals surface area contributed by atoms with Gasteiger partial charge >= 0.3 is 0 Å². The largest absolute Gasteiger partial charge is 0.348 e. The van der Waals surface area contributed by atoms with Gasteiger partial charge in [-0.05, 0) is 46.1 Å². The molecule has 0 spiro atoms. The summed E-state index contributed by atoms with van der Waals surface area (Å²) in [5, 5.41) is 1.10. The highest BCUT2D eigenvalue weighted by Gasteiger charge is 2.21. The number of carbonyl (C=O) groups excluding carboxylic acids is 1. The molecule has 1 aromatic carbocycles. The van der Waals surface area contributed by atoms with E-state index in [0.717, 1.165) is 28.8 Å². The van der Waals surface area contributed by atoms with E-state index >= 15 is 0 Å². The van der Waals surface area contributed by atoms with Crippen LogP contribution in [-0.2, 0) is 13.6 Å². The zero-order chi connectivity index (χ0) is 18.8. The molecule has 138 valence electrons. The molecule has 2 aromatic heterocycles. The lowest BCUT2D eigenvalue weighted by atomic mass is 10.2. The summed E-state index contributed by atoms with van der Waals surface area (Å²) in [6.45, 7) is 6.01. The number of amides is 1. The molecule has 6 heteroatoms. The van der Waals surface area contributed by atoms with Crippen molar-refractivity contribution in [3.63, 3.8) is 0 Å². The molecule has 3 rings (SSSR count). The third-order valence-electron chi connectivity index (χ3n) is 4.80. The van der Waals surface area contributed by atoms with Gasteiger partial charge in [0.15, 0.2) is 0 Å². The number of imidazole rings is 1. The maximum Gasteiger partial charge on any atom is 0.270 e. The lowest BCUT2D eigenvalue weighted by molar-refractivity contribution is 0.0720. The van der Waals surface area contributed by atoms with E-state index in [0.29, 0.717) is 18.8 Å². The first-order chi connectivity index (χ1) is 12.4. The molecule has 0 unspecified atom stereocenters. The van der Waals surface area contributed by atoms with E-state index in [2.05, 4.69) is 40.0 Å². The Balaban J connectivity index is 1.93. The van der Waals surface area contributed by atoms with E-state index in [1.165, 1.54) is 5.56 Å². The molecule has 3 aromatic rings. The van der Waals surface area contributed by atoms with Gasteiger partial charge in [-0.1, -0.05) is 11.6 Å². The molecule has 0 fully saturated rings. The zero-order valence-corrected chi connectivity index (χ0v) is 16.2. The van der Waals surface area contributed by atoms with Crippen LogP contribution in [0.5, 0.6) is 0 Å². The van der Waals surface area contributed by atoms with Crippen LogP contribution in [0.1, 0.15) is 27.4 Å². The van der Waals surface area contributed by atoms with Crippen LogP contribution >= 0.6 is 0 Å². The van der Waals surface area contributed by atoms with Crippen molar-refractivity contribution in [3.8, 4) is 0 Å². The average Bonchev–Trinajstić information content (AvgIpc) is 3.14. The molecule has 1 amide bonds. The van der Waals surface area contributed by atoms with Crippen LogP contribution in [0.4, 0.5) is 0 Å². The molecule has 6 nitrogen and oxygen atoms in total. The predicted molar refractivity (Wildman–Crippen MR) is 104 cm³/mol. The zero-order valence-electron chi connectivity index (χ0n) is 16.2. The Morgan fingerprint density at radius 3 is 2.62 bits per heavy atom. The second-order valence-corrected chi connectivity index (χ2v) is 7.16. The van der Waals surface area contributed by atoms with E-state index in [1.807, 2.05) is 43.6 Å². The minimum absolute atomic E-state index is 0.0330. The fraction of sp³-hybridized carbons (Fsp3) is 0.400. The maximum absolute atomic E-state index is 13.3. The van der Waals surface area contributed by atoms with Crippen molar-refractivity contribution in [2.75, 3.05) is 27.2 Å². The summed E-state index contributed by atoms with van der Waals surface area (Å²) in [6.07, 6.45) is 1.68. The maximum atomic E-state index is 13.3. The van der Waals surface area contributed by atoms with Gasteiger partial charge in [0.1, 0.15) is 5.69 Å². The molecular weight excluding hydrogens is 326 g/mol. The van der Waals surface area contributed by atoms with E-state index < -0.39 is 0 Å². The molecule has 26 heavy (non-hydrogen) atoms. The molecule has 0 saturated heterocycles. The number of hydrogen-bond acceptors (Lipinski definition) is 3. The molecular formula is C20H27N5O. The summed E-state index contributed by atoms with van der Waals surface area (Å²) in [4.78, 5) is 24.7. The molecule has 1 N–H and O–H groups in total. The summed E-state index contributed by atoms with van der Waals surface area (Å²) in [5.41, 5.74) is 4.88. The van der Waals surface area contributed by atoms with Crippen LogP contribution in [0.25, 0.3) is 10.9 Å². The lowest BCUT2D eigenvalue weighted by Gasteiger charge is -2.24. The molecule has 0 radical (unpaired) electrons. The van der Waals surface area contributed by atoms with Crippen molar-refractivity contribution >= 4 is 16.8 Å². The second kappa shape index (κ2) is 7.33. The van der Waals surface area contributed by atoms with Crippen LogP contribution in [0, 0.1) is 13.8 Å². The Labute approximate surface area is 154 Å². The van der Waals surface area contributed by atoms with Gasteiger partial charge in [-0.3, -0.25) is 4.79 Å². The SMILES string of the molecule is Cc1ccc2c(c1)cc(C(=O)N(CCN(C)C)Cc1nc[nH]c1C)n2C. The van der Waals surface area contributed by atoms with Crippen LogP contribution in [0.2, 0.25) is 0 Å². The van der Waals surface area contributed by atoms with Gasteiger partial charge in [0.05, 0.1) is 18.6 Å². The standard InChI is InChI=1S/C20H27N5O/c1-14-6-7-18-16(10-14)11-19(24(18)5)20(26)25(9-8-23(3)4)12-17-15(2)21-13-22-17/h6-7,10-11,13H,8-9,12H2,1-5H3,(H,21,22). The number of hydrogen-bond donors (Lipinski definition) is 1. The molecule has 2 heterocycles. The van der Waals surface area contributed by atoms with Crippen molar-refractivity contribution in [1.29, 1.82) is 0 Å². The number of fused-ring (bicyclic) bond motifs is 1. The number of aromatic nitrogens is 3. The molecule has 0 aliphatic heterocycles. The highest BCUT2D eigenvalue weighted by atomic mass is 16.2. The number of aryl methyl sites for hydroxylation is 3. The number of aromatic amines is 1. The second-order valence-electron chi connectivity index (χ2n) is 7.16. The van der Waals surface area contributed by atoms with E-state index in [-0.39, 0.29) is 5.91 Å². The number of rotatable bonds is 6. The minimum atomic E-state index is 0.0330. The summed E-state index contributed by atoms with van der Waals surface area (Å²) < 4.78 is 1.98. The van der Waals surface area contributed by atoms with Crippen LogP contribution in [-0.4, -0.2) is 57.4 Å². The number of likely N-dealkylation sites (N-methyl/N-ethyl adjacent to an activating group) is 1. The first-order valence-electron chi connectivity index (χ1n) is 8.85. The summed E-state index contributed by atoms with van der Waals surface area (Å²) in [6, 6.07) is 8.26. The van der Waals surface area contributed by atoms with Gasteiger partial charge in [-0.15, -0.1) is 0 Å².